The van der Waals surface area contributed by atoms with Crippen molar-refractivity contribution in [2.75, 3.05) is 68.7 Å². The summed E-state index contributed by atoms with van der Waals surface area (Å²) in [6.45, 7) is 2.12. The molecule has 1 N–H and O–H groups in total. The first kappa shape index (κ1) is 23.8. The number of hydrogen-bond acceptors (Lipinski definition) is 7. The molecule has 0 amide bonds. The molecule has 2 fully saturated rings. The quantitative estimate of drug-likeness (QED) is 0.654. The lowest BCUT2D eigenvalue weighted by atomic mass is 10.1. The number of pyridine rings is 1. The minimum Gasteiger partial charge on any atom is -0.384 e. The Kier molecular flexibility index (Phi) is 7.18. The molecule has 1 unspecified atom stereocenters. The fourth-order valence-electron chi connectivity index (χ4n) is 3.84. The maximum Gasteiger partial charge on any atom is 0.410 e. The van der Waals surface area contributed by atoms with Gasteiger partial charge in [-0.25, -0.2) is 8.42 Å². The Labute approximate surface area is 178 Å². The zero-order chi connectivity index (χ0) is 22.8. The highest BCUT2D eigenvalue weighted by molar-refractivity contribution is 7.89. The number of methoxy groups -OCH3 is 1. The second-order valence-corrected chi connectivity index (χ2v) is 9.71. The van der Waals surface area contributed by atoms with Crippen molar-refractivity contribution in [3.8, 4) is 0 Å². The van der Waals surface area contributed by atoms with E-state index in [4.69, 9.17) is 9.47 Å². The van der Waals surface area contributed by atoms with Gasteiger partial charge in [0.1, 0.15) is 11.9 Å². The predicted octanol–water partition coefficient (Wildman–Crippen LogP) is 0.629. The molecule has 0 radical (unpaired) electrons. The van der Waals surface area contributed by atoms with Gasteiger partial charge in [-0.3, -0.25) is 4.79 Å². The van der Waals surface area contributed by atoms with Gasteiger partial charge in [0.15, 0.2) is 0 Å². The second kappa shape index (κ2) is 9.35. The summed E-state index contributed by atoms with van der Waals surface area (Å²) in [6.07, 6.45) is -4.70. The van der Waals surface area contributed by atoms with Crippen LogP contribution in [0.25, 0.3) is 0 Å². The van der Waals surface area contributed by atoms with Crippen LogP contribution in [0.1, 0.15) is 6.92 Å². The van der Waals surface area contributed by atoms with Gasteiger partial charge in [0.2, 0.25) is 10.0 Å². The van der Waals surface area contributed by atoms with Gasteiger partial charge >= 0.3 is 6.18 Å². The summed E-state index contributed by atoms with van der Waals surface area (Å²) in [4.78, 5) is 17.7. The number of nitrogens with one attached hydrogen (secondary N) is 1. The van der Waals surface area contributed by atoms with Gasteiger partial charge in [-0.05, 0) is 6.92 Å². The molecule has 3 heterocycles. The van der Waals surface area contributed by atoms with Crippen molar-refractivity contribution in [1.82, 2.24) is 9.29 Å². The van der Waals surface area contributed by atoms with E-state index in [0.29, 0.717) is 25.4 Å². The van der Waals surface area contributed by atoms with Crippen molar-refractivity contribution in [2.24, 2.45) is 0 Å². The fourth-order valence-corrected chi connectivity index (χ4v) is 5.21. The van der Waals surface area contributed by atoms with E-state index >= 15 is 0 Å². The first-order chi connectivity index (χ1) is 14.5. The van der Waals surface area contributed by atoms with Gasteiger partial charge < -0.3 is 24.3 Å². The molecular weight excluding hydrogens is 441 g/mol. The van der Waals surface area contributed by atoms with Gasteiger partial charge in [-0.2, -0.15) is 17.5 Å². The smallest absolute Gasteiger partial charge is 0.384 e. The van der Waals surface area contributed by atoms with Gasteiger partial charge in [0.25, 0.3) is 5.56 Å². The normalized spacial score (nSPS) is 23.9. The van der Waals surface area contributed by atoms with Crippen LogP contribution in [0.15, 0.2) is 16.9 Å². The van der Waals surface area contributed by atoms with Gasteiger partial charge in [-0.15, -0.1) is 0 Å². The molecule has 2 aliphatic heterocycles. The molecule has 0 aromatic carbocycles. The zero-order valence-corrected chi connectivity index (χ0v) is 18.2. The first-order valence-corrected chi connectivity index (χ1v) is 11.5. The van der Waals surface area contributed by atoms with Crippen molar-refractivity contribution in [2.45, 2.75) is 25.2 Å². The molecule has 1 aromatic rings. The molecule has 0 bridgehead atoms. The molecule has 2 aliphatic rings. The number of rotatable bonds is 6. The number of ether oxygens (including phenoxy) is 2. The lowest BCUT2D eigenvalue weighted by Gasteiger charge is -2.42. The fraction of sp³-hybridized carbons (Fsp3) is 0.722. The molecule has 1 aromatic heterocycles. The molecular formula is C18H27F3N4O5S. The highest BCUT2D eigenvalue weighted by Gasteiger charge is 2.49. The number of hydrogen-bond donors (Lipinski definition) is 1. The standard InChI is InChI=1S/C18H27F3N4O5S/c1-13-12-30-6-5-24(13)14-9-16(22-17(26)10-14)25-4-3-23(11-15(25)18(19,20)21)31(27,28)8-7-29-2/h9-10,13,15H,3-8,11-12H2,1-2H3,(H,22,26)/t13-,15?/m1/s1. The first-order valence-electron chi connectivity index (χ1n) is 9.92. The molecule has 176 valence electrons. The lowest BCUT2D eigenvalue weighted by molar-refractivity contribution is -0.153. The molecule has 0 aliphatic carbocycles. The average Bonchev–Trinajstić information content (AvgIpc) is 2.71. The highest BCUT2D eigenvalue weighted by atomic mass is 32.2. The third-order valence-electron chi connectivity index (χ3n) is 5.48. The summed E-state index contributed by atoms with van der Waals surface area (Å²) in [6, 6.07) is 0.729. The second-order valence-electron chi connectivity index (χ2n) is 7.62. The molecule has 9 nitrogen and oxygen atoms in total. The largest absolute Gasteiger partial charge is 0.410 e. The molecule has 13 heteroatoms. The van der Waals surface area contributed by atoms with Crippen LogP contribution in [-0.4, -0.2) is 94.8 Å². The molecule has 31 heavy (non-hydrogen) atoms. The maximum absolute atomic E-state index is 13.9. The van der Waals surface area contributed by atoms with Gasteiger partial charge in [0, 0.05) is 57.2 Å². The van der Waals surface area contributed by atoms with E-state index in [9.17, 15) is 26.4 Å². The van der Waals surface area contributed by atoms with Gasteiger partial charge in [0.05, 0.1) is 25.6 Å². The number of nitrogens with zero attached hydrogens (tertiary/aromatic N) is 3. The molecule has 2 saturated heterocycles. The number of alkyl halides is 3. The van der Waals surface area contributed by atoms with Crippen LogP contribution < -0.4 is 15.4 Å². The number of anilines is 2. The SMILES string of the molecule is COCCS(=O)(=O)N1CCN(c2cc(N3CCOC[C@H]3C)cc(=O)[nH]2)C(C(F)(F)F)C1. The monoisotopic (exact) mass is 468 g/mol. The van der Waals surface area contributed by atoms with E-state index in [1.165, 1.54) is 19.2 Å². The summed E-state index contributed by atoms with van der Waals surface area (Å²) in [7, 11) is -2.57. The van der Waals surface area contributed by atoms with Crippen molar-refractivity contribution < 1.29 is 31.1 Å². The van der Waals surface area contributed by atoms with E-state index in [1.807, 2.05) is 11.8 Å². The molecule has 2 atom stereocenters. The van der Waals surface area contributed by atoms with E-state index < -0.39 is 40.1 Å². The Morgan fingerprint density at radius 3 is 2.61 bits per heavy atom. The maximum atomic E-state index is 13.9. The summed E-state index contributed by atoms with van der Waals surface area (Å²) in [5, 5.41) is 0. The van der Waals surface area contributed by atoms with Crippen LogP contribution in [0.3, 0.4) is 0 Å². The number of aromatic nitrogens is 1. The number of morpholine rings is 1. The Bertz CT molecular complexity index is 924. The van der Waals surface area contributed by atoms with E-state index in [-0.39, 0.29) is 31.6 Å². The van der Waals surface area contributed by atoms with Crippen molar-refractivity contribution >= 4 is 21.5 Å². The number of sulfonamides is 1. The lowest BCUT2D eigenvalue weighted by Crippen LogP contribution is -2.61. The third kappa shape index (κ3) is 5.51. The van der Waals surface area contributed by atoms with Gasteiger partial charge in [-0.1, -0.05) is 0 Å². The summed E-state index contributed by atoms with van der Waals surface area (Å²) in [5.41, 5.74) is -0.0205. The minimum absolute atomic E-state index is 0.0115. The number of halogens is 3. The van der Waals surface area contributed by atoms with Crippen LogP contribution in [0.5, 0.6) is 0 Å². The summed E-state index contributed by atoms with van der Waals surface area (Å²) in [5.74, 6) is -0.382. The topological polar surface area (TPSA) is 95.2 Å². The van der Waals surface area contributed by atoms with Crippen LogP contribution in [-0.2, 0) is 19.5 Å². The van der Waals surface area contributed by atoms with E-state index in [0.717, 1.165) is 9.21 Å². The van der Waals surface area contributed by atoms with Crippen LogP contribution in [0, 0.1) is 0 Å². The van der Waals surface area contributed by atoms with Crippen LogP contribution >= 0.6 is 0 Å². The number of H-pyrrole nitrogens is 1. The predicted molar refractivity (Wildman–Crippen MR) is 109 cm³/mol. The number of piperazine rings is 1. The average molecular weight is 468 g/mol. The zero-order valence-electron chi connectivity index (χ0n) is 17.4. The van der Waals surface area contributed by atoms with E-state index in [1.54, 1.807) is 0 Å². The van der Waals surface area contributed by atoms with Crippen molar-refractivity contribution in [3.05, 3.63) is 22.5 Å². The minimum atomic E-state index is -4.70. The highest BCUT2D eigenvalue weighted by Crippen LogP contribution is 2.33. The van der Waals surface area contributed by atoms with Crippen LogP contribution in [0.4, 0.5) is 24.7 Å². The molecule has 0 spiro atoms. The van der Waals surface area contributed by atoms with Crippen molar-refractivity contribution in [3.63, 3.8) is 0 Å². The Morgan fingerprint density at radius 1 is 1.23 bits per heavy atom. The molecule has 3 rings (SSSR count). The Morgan fingerprint density at radius 2 is 1.97 bits per heavy atom. The molecule has 0 saturated carbocycles. The van der Waals surface area contributed by atoms with Crippen LogP contribution in [0.2, 0.25) is 0 Å². The third-order valence-corrected chi connectivity index (χ3v) is 7.28. The van der Waals surface area contributed by atoms with Crippen molar-refractivity contribution in [1.29, 1.82) is 0 Å². The Hall–Kier alpha value is -1.83. The summed E-state index contributed by atoms with van der Waals surface area (Å²) >= 11 is 0. The van der Waals surface area contributed by atoms with E-state index in [2.05, 4.69) is 4.98 Å². The summed E-state index contributed by atoms with van der Waals surface area (Å²) < 4.78 is 77.5. The number of aromatic amines is 1. The Balaban J connectivity index is 1.90.